The van der Waals surface area contributed by atoms with Crippen LogP contribution in [0.2, 0.25) is 0 Å². The van der Waals surface area contributed by atoms with Gasteiger partial charge in [0.05, 0.1) is 19.3 Å². The van der Waals surface area contributed by atoms with Crippen LogP contribution >= 0.6 is 0 Å². The Morgan fingerprint density at radius 3 is 2.78 bits per heavy atom. The fourth-order valence-corrected chi connectivity index (χ4v) is 1.90. The second kappa shape index (κ2) is 6.89. The zero-order valence-electron chi connectivity index (χ0n) is 11.5. The lowest BCUT2D eigenvalue weighted by molar-refractivity contribution is 0.0595. The average Bonchev–Trinajstić information content (AvgIpc) is 2.47. The number of para-hydroxylation sites is 1. The maximum absolute atomic E-state index is 11.6. The minimum atomic E-state index is -0.352. The minimum absolute atomic E-state index is 0.352. The van der Waals surface area contributed by atoms with E-state index in [1.54, 1.807) is 6.07 Å². The van der Waals surface area contributed by atoms with Gasteiger partial charge in [-0.2, -0.15) is 0 Å². The molecule has 0 saturated carbocycles. The molecule has 2 rings (SSSR count). The maximum atomic E-state index is 11.6. The van der Waals surface area contributed by atoms with Gasteiger partial charge in [0.15, 0.2) is 5.75 Å². The fourth-order valence-electron chi connectivity index (χ4n) is 1.90. The summed E-state index contributed by atoms with van der Waals surface area (Å²) in [7, 11) is 1.38. The van der Waals surface area contributed by atoms with Gasteiger partial charge in [0.2, 0.25) is 0 Å². The maximum Gasteiger partial charge on any atom is 0.341 e. The van der Waals surface area contributed by atoms with Gasteiger partial charge in [-0.3, -0.25) is 0 Å². The number of anilines is 1. The number of fused-ring (bicyclic) bond motifs is 1. The van der Waals surface area contributed by atoms with Crippen molar-refractivity contribution in [2.75, 3.05) is 31.7 Å². The van der Waals surface area contributed by atoms with E-state index < -0.39 is 0 Å². The second-order valence-corrected chi connectivity index (χ2v) is 3.57. The molecule has 18 heavy (non-hydrogen) atoms. The third-order valence-corrected chi connectivity index (χ3v) is 2.73. The van der Waals surface area contributed by atoms with Crippen LogP contribution in [0.15, 0.2) is 18.2 Å². The van der Waals surface area contributed by atoms with Crippen LogP contribution in [-0.2, 0) is 4.74 Å². The number of esters is 1. The van der Waals surface area contributed by atoms with E-state index in [9.17, 15) is 4.79 Å². The lowest BCUT2D eigenvalue weighted by Crippen LogP contribution is -2.33. The highest BCUT2D eigenvalue weighted by Crippen LogP contribution is 2.34. The van der Waals surface area contributed by atoms with Crippen molar-refractivity contribution in [1.82, 2.24) is 0 Å². The van der Waals surface area contributed by atoms with Gasteiger partial charge in [0, 0.05) is 6.54 Å². The summed E-state index contributed by atoms with van der Waals surface area (Å²) in [6, 6.07) is 5.54. The van der Waals surface area contributed by atoms with Crippen molar-refractivity contribution in [2.45, 2.75) is 20.8 Å². The zero-order valence-corrected chi connectivity index (χ0v) is 11.5. The van der Waals surface area contributed by atoms with Crippen molar-refractivity contribution in [2.24, 2.45) is 0 Å². The number of carbonyl (C=O) groups is 1. The summed E-state index contributed by atoms with van der Waals surface area (Å²) < 4.78 is 10.3. The van der Waals surface area contributed by atoms with Crippen molar-refractivity contribution in [3.05, 3.63) is 23.8 Å². The predicted octanol–water partition coefficient (Wildman–Crippen LogP) is 2.72. The molecule has 1 aromatic rings. The first kappa shape index (κ1) is 14.4. The number of methoxy groups -OCH3 is 1. The van der Waals surface area contributed by atoms with Gasteiger partial charge in [0.1, 0.15) is 12.2 Å². The summed E-state index contributed by atoms with van der Waals surface area (Å²) in [5, 5.41) is 0. The molecular weight excluding hydrogens is 230 g/mol. The van der Waals surface area contributed by atoms with Gasteiger partial charge in [-0.25, -0.2) is 4.79 Å². The molecule has 0 spiro atoms. The normalized spacial score (nSPS) is 12.8. The largest absolute Gasteiger partial charge is 0.489 e. The molecule has 0 fully saturated rings. The van der Waals surface area contributed by atoms with E-state index in [0.717, 1.165) is 18.8 Å². The molecule has 1 heterocycles. The van der Waals surface area contributed by atoms with E-state index in [1.807, 2.05) is 26.0 Å². The van der Waals surface area contributed by atoms with Crippen molar-refractivity contribution < 1.29 is 14.3 Å². The summed E-state index contributed by atoms with van der Waals surface area (Å²) in [6.07, 6.45) is 0. The van der Waals surface area contributed by atoms with E-state index in [1.165, 1.54) is 7.11 Å². The highest BCUT2D eigenvalue weighted by atomic mass is 16.5. The number of hydrogen-bond acceptors (Lipinski definition) is 4. The molecule has 0 atom stereocenters. The quantitative estimate of drug-likeness (QED) is 0.758. The van der Waals surface area contributed by atoms with Crippen LogP contribution in [0.25, 0.3) is 0 Å². The van der Waals surface area contributed by atoms with Gasteiger partial charge in [0.25, 0.3) is 0 Å². The smallest absolute Gasteiger partial charge is 0.341 e. The third kappa shape index (κ3) is 2.75. The Morgan fingerprint density at radius 1 is 1.44 bits per heavy atom. The van der Waals surface area contributed by atoms with Crippen LogP contribution < -0.4 is 9.64 Å². The molecule has 1 aromatic carbocycles. The molecule has 0 radical (unpaired) electrons. The van der Waals surface area contributed by atoms with Crippen molar-refractivity contribution >= 4 is 11.7 Å². The molecule has 0 aliphatic carbocycles. The number of hydrogen-bond donors (Lipinski definition) is 0. The summed E-state index contributed by atoms with van der Waals surface area (Å²) in [5.74, 6) is 0.289. The molecule has 1 aliphatic heterocycles. The predicted molar refractivity (Wildman–Crippen MR) is 72.5 cm³/mol. The number of benzene rings is 1. The van der Waals surface area contributed by atoms with E-state index in [0.29, 0.717) is 17.9 Å². The van der Waals surface area contributed by atoms with E-state index >= 15 is 0 Å². The number of nitrogens with zero attached hydrogens (tertiary/aromatic N) is 1. The zero-order chi connectivity index (χ0) is 13.5. The van der Waals surface area contributed by atoms with Crippen LogP contribution in [0, 0.1) is 0 Å². The number of ether oxygens (including phenoxy) is 2. The van der Waals surface area contributed by atoms with E-state index in [2.05, 4.69) is 11.8 Å². The van der Waals surface area contributed by atoms with Crippen molar-refractivity contribution in [1.29, 1.82) is 0 Å². The van der Waals surface area contributed by atoms with Gasteiger partial charge in [-0.15, -0.1) is 0 Å². The summed E-state index contributed by atoms with van der Waals surface area (Å²) in [5.41, 5.74) is 1.47. The Kier molecular flexibility index (Phi) is 5.49. The van der Waals surface area contributed by atoms with Gasteiger partial charge < -0.3 is 14.4 Å². The molecular formula is C14H21NO3. The first-order chi connectivity index (χ1) is 8.77. The molecule has 0 unspecified atom stereocenters. The van der Waals surface area contributed by atoms with Crippen LogP contribution in [0.1, 0.15) is 31.1 Å². The Balaban J connectivity index is 0.000000771. The Bertz CT molecular complexity index is 404. The molecule has 0 saturated heterocycles. The van der Waals surface area contributed by atoms with Crippen LogP contribution in [-0.4, -0.2) is 32.8 Å². The molecule has 100 valence electrons. The van der Waals surface area contributed by atoms with E-state index in [-0.39, 0.29) is 5.97 Å². The molecule has 0 aromatic heterocycles. The Labute approximate surface area is 108 Å². The molecule has 1 aliphatic rings. The average molecular weight is 251 g/mol. The molecule has 4 heteroatoms. The van der Waals surface area contributed by atoms with Gasteiger partial charge >= 0.3 is 5.97 Å². The molecule has 4 nitrogen and oxygen atoms in total. The lowest BCUT2D eigenvalue weighted by atomic mass is 10.1. The number of rotatable bonds is 2. The first-order valence-corrected chi connectivity index (χ1v) is 6.37. The summed E-state index contributed by atoms with van der Waals surface area (Å²) in [6.45, 7) is 8.45. The minimum Gasteiger partial charge on any atom is -0.489 e. The fraction of sp³-hybridized carbons (Fsp3) is 0.500. The lowest BCUT2D eigenvalue weighted by Gasteiger charge is -2.31. The standard InChI is InChI=1S/C12H15NO3.C2H6/c1-3-13-7-8-16-11-9(12(14)15-2)5-4-6-10(11)13;1-2/h4-6H,3,7-8H2,1-2H3;1-2H3. The Morgan fingerprint density at radius 2 is 2.17 bits per heavy atom. The van der Waals surface area contributed by atoms with Gasteiger partial charge in [-0.05, 0) is 19.1 Å². The van der Waals surface area contributed by atoms with Crippen LogP contribution in [0.4, 0.5) is 5.69 Å². The number of likely N-dealkylation sites (N-methyl/N-ethyl adjacent to an activating group) is 1. The van der Waals surface area contributed by atoms with E-state index in [4.69, 9.17) is 9.47 Å². The highest BCUT2D eigenvalue weighted by Gasteiger charge is 2.23. The second-order valence-electron chi connectivity index (χ2n) is 3.57. The van der Waals surface area contributed by atoms with Gasteiger partial charge in [-0.1, -0.05) is 19.9 Å². The van der Waals surface area contributed by atoms with Crippen molar-refractivity contribution in [3.63, 3.8) is 0 Å². The van der Waals surface area contributed by atoms with Crippen LogP contribution in [0.5, 0.6) is 5.75 Å². The monoisotopic (exact) mass is 251 g/mol. The Hall–Kier alpha value is -1.71. The third-order valence-electron chi connectivity index (χ3n) is 2.73. The first-order valence-electron chi connectivity index (χ1n) is 6.37. The molecule has 0 N–H and O–H groups in total. The molecule has 0 amide bonds. The highest BCUT2D eigenvalue weighted by molar-refractivity contribution is 5.95. The molecule has 0 bridgehead atoms. The summed E-state index contributed by atoms with van der Waals surface area (Å²) in [4.78, 5) is 13.7. The topological polar surface area (TPSA) is 38.8 Å². The summed E-state index contributed by atoms with van der Waals surface area (Å²) >= 11 is 0. The SMILES string of the molecule is CC.CCN1CCOc2c(C(=O)OC)cccc21. The van der Waals surface area contributed by atoms with Crippen molar-refractivity contribution in [3.8, 4) is 5.75 Å². The van der Waals surface area contributed by atoms with Crippen LogP contribution in [0.3, 0.4) is 0 Å². The number of carbonyl (C=O) groups excluding carboxylic acids is 1.